The van der Waals surface area contributed by atoms with Crippen LogP contribution in [0.3, 0.4) is 0 Å². The molecule has 0 aromatic rings. The summed E-state index contributed by atoms with van der Waals surface area (Å²) in [6, 6.07) is 0. The van der Waals surface area contributed by atoms with E-state index in [0.717, 1.165) is 0 Å². The van der Waals surface area contributed by atoms with Gasteiger partial charge in [0.2, 0.25) is 0 Å². The van der Waals surface area contributed by atoms with Gasteiger partial charge in [-0.25, -0.2) is 4.99 Å². The monoisotopic (exact) mass is 86.0 g/mol. The van der Waals surface area contributed by atoms with Gasteiger partial charge in [0.25, 0.3) is 0 Å². The van der Waals surface area contributed by atoms with Crippen LogP contribution < -0.4 is 5.73 Å². The summed E-state index contributed by atoms with van der Waals surface area (Å²) in [4.78, 5) is 3.67. The van der Waals surface area contributed by atoms with Crippen LogP contribution in [0.5, 0.6) is 0 Å². The van der Waals surface area contributed by atoms with Gasteiger partial charge in [-0.3, -0.25) is 0 Å². The second kappa shape index (κ2) is 1.26. The van der Waals surface area contributed by atoms with E-state index in [1.807, 2.05) is 0 Å². The van der Waals surface area contributed by atoms with Crippen molar-refractivity contribution in [3.63, 3.8) is 0 Å². The van der Waals surface area contributed by atoms with Crippen LogP contribution in [0, 0.1) is 0 Å². The molecule has 0 saturated carbocycles. The lowest BCUT2D eigenvalue weighted by molar-refractivity contribution is 0.330. The zero-order valence-corrected chi connectivity index (χ0v) is 3.29. The molecule has 1 heterocycles. The number of aliphatic imine (C=N–C) groups is 1. The third-order valence-electron chi connectivity index (χ3n) is 0.594. The van der Waals surface area contributed by atoms with Crippen LogP contribution in [-0.2, 0) is 4.74 Å². The van der Waals surface area contributed by atoms with E-state index in [1.54, 1.807) is 0 Å². The maximum Gasteiger partial charge on any atom is 0.171 e. The van der Waals surface area contributed by atoms with Gasteiger partial charge in [0.1, 0.15) is 12.8 Å². The zero-order chi connectivity index (χ0) is 4.41. The van der Waals surface area contributed by atoms with E-state index in [1.165, 1.54) is 6.40 Å². The summed E-state index contributed by atoms with van der Waals surface area (Å²) in [5.41, 5.74) is 5.21. The van der Waals surface area contributed by atoms with Crippen molar-refractivity contribution in [2.45, 2.75) is 6.17 Å². The number of hydrogen-bond donors (Lipinski definition) is 1. The lowest BCUT2D eigenvalue weighted by Gasteiger charge is -1.89. The Bertz CT molecular complexity index is 71.2. The van der Waals surface area contributed by atoms with Crippen molar-refractivity contribution in [1.29, 1.82) is 0 Å². The third-order valence-corrected chi connectivity index (χ3v) is 0.594. The Hall–Kier alpha value is -0.570. The van der Waals surface area contributed by atoms with Crippen molar-refractivity contribution < 1.29 is 4.74 Å². The van der Waals surface area contributed by atoms with Crippen LogP contribution in [0.1, 0.15) is 0 Å². The maximum atomic E-state index is 5.21. The largest absolute Gasteiger partial charge is 0.480 e. The molecule has 1 aliphatic rings. The predicted octanol–water partition coefficient (Wildman–Crippen LogP) is -0.670. The number of nitrogens with zero attached hydrogens (tertiary/aromatic N) is 1. The molecule has 1 atom stereocenters. The van der Waals surface area contributed by atoms with E-state index in [4.69, 9.17) is 5.73 Å². The zero-order valence-electron chi connectivity index (χ0n) is 3.29. The van der Waals surface area contributed by atoms with E-state index < -0.39 is 0 Å². The number of ether oxygens (including phenoxy) is 1. The Morgan fingerprint density at radius 2 is 2.83 bits per heavy atom. The fourth-order valence-corrected chi connectivity index (χ4v) is 0.306. The molecular weight excluding hydrogens is 80.0 g/mol. The summed E-state index contributed by atoms with van der Waals surface area (Å²) in [7, 11) is 0. The molecule has 0 spiro atoms. The quantitative estimate of drug-likeness (QED) is 0.425. The van der Waals surface area contributed by atoms with Gasteiger partial charge in [0, 0.05) is 0 Å². The van der Waals surface area contributed by atoms with Crippen LogP contribution in [0.15, 0.2) is 4.99 Å². The molecular formula is C3H6N2O. The molecule has 6 heavy (non-hydrogen) atoms. The molecule has 0 bridgehead atoms. The summed E-state index contributed by atoms with van der Waals surface area (Å²) < 4.78 is 4.64. The van der Waals surface area contributed by atoms with Crippen molar-refractivity contribution in [2.75, 3.05) is 6.61 Å². The average Bonchev–Trinajstić information content (AvgIpc) is 1.86. The van der Waals surface area contributed by atoms with E-state index in [2.05, 4.69) is 9.73 Å². The maximum absolute atomic E-state index is 5.21. The van der Waals surface area contributed by atoms with Crippen LogP contribution >= 0.6 is 0 Å². The Morgan fingerprint density at radius 1 is 2.00 bits per heavy atom. The molecule has 0 unspecified atom stereocenters. The lowest BCUT2D eigenvalue weighted by atomic mass is 10.6. The molecule has 3 nitrogen and oxygen atoms in total. The highest BCUT2D eigenvalue weighted by Gasteiger charge is 2.01. The second-order valence-corrected chi connectivity index (χ2v) is 1.16. The smallest absolute Gasteiger partial charge is 0.171 e. The van der Waals surface area contributed by atoms with Crippen molar-refractivity contribution in [1.82, 2.24) is 0 Å². The number of rotatable bonds is 0. The minimum Gasteiger partial charge on any atom is -0.480 e. The third kappa shape index (κ3) is 0.490. The van der Waals surface area contributed by atoms with Crippen LogP contribution in [0.25, 0.3) is 0 Å². The lowest BCUT2D eigenvalue weighted by Crippen LogP contribution is -2.17. The topological polar surface area (TPSA) is 47.6 Å². The van der Waals surface area contributed by atoms with E-state index in [9.17, 15) is 0 Å². The highest BCUT2D eigenvalue weighted by atomic mass is 16.5. The minimum absolute atomic E-state index is 0.106. The van der Waals surface area contributed by atoms with Crippen LogP contribution in [0.4, 0.5) is 0 Å². The van der Waals surface area contributed by atoms with Gasteiger partial charge >= 0.3 is 0 Å². The Balaban J connectivity index is 2.38. The first kappa shape index (κ1) is 3.61. The predicted molar refractivity (Wildman–Crippen MR) is 22.4 cm³/mol. The molecule has 0 aromatic heterocycles. The van der Waals surface area contributed by atoms with E-state index in [0.29, 0.717) is 6.61 Å². The van der Waals surface area contributed by atoms with Gasteiger partial charge < -0.3 is 10.5 Å². The molecule has 0 amide bonds. The van der Waals surface area contributed by atoms with Gasteiger partial charge in [0.15, 0.2) is 6.40 Å². The first-order valence-electron chi connectivity index (χ1n) is 1.78. The normalized spacial score (nSPS) is 30.5. The summed E-state index contributed by atoms with van der Waals surface area (Å²) in [6.07, 6.45) is 1.27. The molecule has 2 N–H and O–H groups in total. The Kier molecular flexibility index (Phi) is 0.759. The number of nitrogens with two attached hydrogens (primary N) is 1. The van der Waals surface area contributed by atoms with Crippen molar-refractivity contribution in [3.8, 4) is 0 Å². The molecule has 3 heteroatoms. The van der Waals surface area contributed by atoms with Gasteiger partial charge in [-0.1, -0.05) is 0 Å². The molecule has 1 rings (SSSR count). The first-order valence-corrected chi connectivity index (χ1v) is 1.78. The highest BCUT2D eigenvalue weighted by molar-refractivity contribution is 5.48. The summed E-state index contributed by atoms with van der Waals surface area (Å²) in [5.74, 6) is 0. The summed E-state index contributed by atoms with van der Waals surface area (Å²) >= 11 is 0. The average molecular weight is 86.1 g/mol. The SMILES string of the molecule is N[C@H]1COC=N1. The van der Waals surface area contributed by atoms with E-state index in [-0.39, 0.29) is 6.17 Å². The number of hydrogen-bond acceptors (Lipinski definition) is 3. The van der Waals surface area contributed by atoms with Crippen LogP contribution in [-0.4, -0.2) is 19.2 Å². The molecule has 0 radical (unpaired) electrons. The first-order chi connectivity index (χ1) is 2.89. The Morgan fingerprint density at radius 3 is 3.00 bits per heavy atom. The summed E-state index contributed by atoms with van der Waals surface area (Å²) in [5, 5.41) is 0. The van der Waals surface area contributed by atoms with Crippen molar-refractivity contribution in [2.24, 2.45) is 10.7 Å². The Labute approximate surface area is 35.8 Å². The fraction of sp³-hybridized carbons (Fsp3) is 0.667. The second-order valence-electron chi connectivity index (χ2n) is 1.16. The summed E-state index contributed by atoms with van der Waals surface area (Å²) in [6.45, 7) is 0.542. The van der Waals surface area contributed by atoms with Crippen LogP contribution in [0.2, 0.25) is 0 Å². The molecule has 0 fully saturated rings. The van der Waals surface area contributed by atoms with Gasteiger partial charge in [-0.15, -0.1) is 0 Å². The van der Waals surface area contributed by atoms with Crippen molar-refractivity contribution >= 4 is 6.40 Å². The van der Waals surface area contributed by atoms with Crippen molar-refractivity contribution in [3.05, 3.63) is 0 Å². The fourth-order valence-electron chi connectivity index (χ4n) is 0.306. The van der Waals surface area contributed by atoms with Gasteiger partial charge in [-0.2, -0.15) is 0 Å². The molecule has 1 aliphatic heterocycles. The van der Waals surface area contributed by atoms with Gasteiger partial charge in [0.05, 0.1) is 0 Å². The van der Waals surface area contributed by atoms with E-state index >= 15 is 0 Å². The highest BCUT2D eigenvalue weighted by Crippen LogP contribution is 1.87. The molecule has 34 valence electrons. The molecule has 0 aromatic carbocycles. The molecule has 0 saturated heterocycles. The standard InChI is InChI=1S/C3H6N2O/c4-3-1-6-2-5-3/h2-3H,1,4H2/t3-/m1/s1. The van der Waals surface area contributed by atoms with Gasteiger partial charge in [-0.05, 0) is 0 Å². The molecule has 0 aliphatic carbocycles. The minimum atomic E-state index is -0.106.